The minimum absolute atomic E-state index is 0.606. The first-order valence-corrected chi connectivity index (χ1v) is 8.58. The maximum atomic E-state index is 6.06. The molecule has 0 unspecified atom stereocenters. The zero-order valence-electron chi connectivity index (χ0n) is 13.6. The van der Waals surface area contributed by atoms with Crippen LogP contribution in [0.5, 0.6) is 11.5 Å². The number of benzene rings is 2. The van der Waals surface area contributed by atoms with E-state index in [0.717, 1.165) is 11.5 Å². The molecule has 2 aliphatic rings. The summed E-state index contributed by atoms with van der Waals surface area (Å²) in [6.07, 6.45) is 6.62. The largest absolute Gasteiger partial charge is 0.453 e. The van der Waals surface area contributed by atoms with Crippen molar-refractivity contribution in [2.24, 2.45) is 0 Å². The molecule has 0 amide bonds. The van der Waals surface area contributed by atoms with Crippen molar-refractivity contribution in [3.63, 3.8) is 0 Å². The van der Waals surface area contributed by atoms with Crippen LogP contribution < -0.4 is 9.64 Å². The van der Waals surface area contributed by atoms with Gasteiger partial charge < -0.3 is 9.64 Å². The van der Waals surface area contributed by atoms with Crippen LogP contribution in [0.1, 0.15) is 46.0 Å². The number of hydrogen-bond acceptors (Lipinski definition) is 2. The van der Waals surface area contributed by atoms with E-state index in [2.05, 4.69) is 41.3 Å². The van der Waals surface area contributed by atoms with Crippen LogP contribution in [0.4, 0.5) is 11.4 Å². The van der Waals surface area contributed by atoms with Crippen molar-refractivity contribution in [1.29, 1.82) is 0 Å². The molecule has 0 radical (unpaired) electrons. The molecule has 1 fully saturated rings. The highest BCUT2D eigenvalue weighted by Crippen LogP contribution is 2.48. The first-order chi connectivity index (χ1) is 10.9. The quantitative estimate of drug-likeness (QED) is 0.613. The van der Waals surface area contributed by atoms with Crippen LogP contribution in [0.3, 0.4) is 0 Å². The Morgan fingerprint density at radius 3 is 1.82 bits per heavy atom. The lowest BCUT2D eigenvalue weighted by molar-refractivity contribution is 0.415. The highest BCUT2D eigenvalue weighted by Gasteiger charge is 2.30. The van der Waals surface area contributed by atoms with E-state index in [1.54, 1.807) is 0 Å². The van der Waals surface area contributed by atoms with Gasteiger partial charge in [0.1, 0.15) is 0 Å². The van der Waals surface area contributed by atoms with E-state index in [9.17, 15) is 0 Å². The Bertz CT molecular complexity index is 571. The summed E-state index contributed by atoms with van der Waals surface area (Å²) in [4.78, 5) is 2.51. The molecule has 0 saturated heterocycles. The molecule has 4 rings (SSSR count). The van der Waals surface area contributed by atoms with Crippen LogP contribution >= 0.6 is 0 Å². The fraction of sp³-hybridized carbons (Fsp3) is 0.400. The molecule has 1 saturated carbocycles. The van der Waals surface area contributed by atoms with E-state index in [1.807, 2.05) is 26.0 Å². The Labute approximate surface area is 133 Å². The van der Waals surface area contributed by atoms with E-state index in [1.165, 1.54) is 43.5 Å². The van der Waals surface area contributed by atoms with E-state index in [4.69, 9.17) is 4.74 Å². The molecule has 0 atom stereocenters. The van der Waals surface area contributed by atoms with E-state index in [0.29, 0.717) is 6.04 Å². The van der Waals surface area contributed by atoms with Gasteiger partial charge in [0.05, 0.1) is 11.4 Å². The number of para-hydroxylation sites is 4. The third-order valence-corrected chi connectivity index (χ3v) is 4.41. The summed E-state index contributed by atoms with van der Waals surface area (Å²) in [5.74, 6) is 1.97. The molecule has 2 aromatic carbocycles. The zero-order chi connectivity index (χ0) is 15.4. The van der Waals surface area contributed by atoms with Crippen molar-refractivity contribution in [2.75, 3.05) is 4.90 Å². The number of anilines is 2. The van der Waals surface area contributed by atoms with Gasteiger partial charge in [0.25, 0.3) is 0 Å². The van der Waals surface area contributed by atoms with Gasteiger partial charge in [0.15, 0.2) is 11.5 Å². The molecule has 22 heavy (non-hydrogen) atoms. The third kappa shape index (κ3) is 2.70. The molecule has 2 nitrogen and oxygen atoms in total. The minimum Gasteiger partial charge on any atom is -0.453 e. The first-order valence-electron chi connectivity index (χ1n) is 8.58. The molecule has 0 aromatic heterocycles. The minimum atomic E-state index is 0.606. The summed E-state index contributed by atoms with van der Waals surface area (Å²) < 4.78 is 6.06. The predicted octanol–water partition coefficient (Wildman–Crippen LogP) is 6.29. The van der Waals surface area contributed by atoms with E-state index >= 15 is 0 Å². The van der Waals surface area contributed by atoms with Crippen molar-refractivity contribution in [2.45, 2.75) is 52.0 Å². The number of hydrogen-bond donors (Lipinski definition) is 0. The van der Waals surface area contributed by atoms with Gasteiger partial charge in [-0.3, -0.25) is 0 Å². The molecule has 1 heterocycles. The van der Waals surface area contributed by atoms with E-state index in [-0.39, 0.29) is 0 Å². The normalized spacial score (nSPS) is 16.7. The maximum Gasteiger partial charge on any atom is 0.151 e. The number of rotatable bonds is 1. The van der Waals surface area contributed by atoms with Crippen molar-refractivity contribution >= 4 is 11.4 Å². The molecular weight excluding hydrogens is 270 g/mol. The van der Waals surface area contributed by atoms with Crippen LogP contribution in [0, 0.1) is 0 Å². The monoisotopic (exact) mass is 295 g/mol. The fourth-order valence-electron chi connectivity index (χ4n) is 3.47. The Kier molecular flexibility index (Phi) is 4.67. The highest BCUT2D eigenvalue weighted by atomic mass is 16.5. The van der Waals surface area contributed by atoms with Gasteiger partial charge in [0, 0.05) is 6.04 Å². The molecule has 2 aromatic rings. The lowest BCUT2D eigenvalue weighted by Crippen LogP contribution is -2.34. The summed E-state index contributed by atoms with van der Waals surface area (Å²) in [5, 5.41) is 0. The molecule has 2 heteroatoms. The standard InChI is InChI=1S/C18H19NO.C2H6/c1-2-8-14(9-3-1)19-15-10-4-6-12-17(15)20-18-13-7-5-11-16(18)19;1-2/h4-7,10-14H,1-3,8-9H2;1-2H3. The lowest BCUT2D eigenvalue weighted by Gasteiger charge is -2.40. The second kappa shape index (κ2) is 6.87. The summed E-state index contributed by atoms with van der Waals surface area (Å²) in [7, 11) is 0. The van der Waals surface area contributed by atoms with Gasteiger partial charge in [-0.15, -0.1) is 0 Å². The lowest BCUT2D eigenvalue weighted by atomic mass is 9.92. The van der Waals surface area contributed by atoms with Crippen LogP contribution in [0.2, 0.25) is 0 Å². The van der Waals surface area contributed by atoms with Gasteiger partial charge in [-0.2, -0.15) is 0 Å². The van der Waals surface area contributed by atoms with Crippen molar-refractivity contribution in [3.05, 3.63) is 48.5 Å². The zero-order valence-corrected chi connectivity index (χ0v) is 13.6. The molecule has 1 aliphatic heterocycles. The third-order valence-electron chi connectivity index (χ3n) is 4.41. The van der Waals surface area contributed by atoms with Crippen molar-refractivity contribution in [1.82, 2.24) is 0 Å². The molecule has 0 N–H and O–H groups in total. The SMILES string of the molecule is CC.c1ccc2c(c1)Oc1ccccc1N2C1CCCCC1. The number of ether oxygens (including phenoxy) is 1. The van der Waals surface area contributed by atoms with Crippen LogP contribution in [0.15, 0.2) is 48.5 Å². The second-order valence-corrected chi connectivity index (χ2v) is 5.70. The average Bonchev–Trinajstić information content (AvgIpc) is 2.62. The summed E-state index contributed by atoms with van der Waals surface area (Å²) in [6.45, 7) is 4.00. The van der Waals surface area contributed by atoms with Gasteiger partial charge in [0.2, 0.25) is 0 Å². The number of nitrogens with zero attached hydrogens (tertiary/aromatic N) is 1. The Morgan fingerprint density at radius 1 is 0.773 bits per heavy atom. The average molecular weight is 295 g/mol. The van der Waals surface area contributed by atoms with Crippen molar-refractivity contribution < 1.29 is 4.74 Å². The predicted molar refractivity (Wildman–Crippen MR) is 93.3 cm³/mol. The van der Waals surface area contributed by atoms with E-state index < -0.39 is 0 Å². The second-order valence-electron chi connectivity index (χ2n) is 5.70. The molecule has 1 aliphatic carbocycles. The smallest absolute Gasteiger partial charge is 0.151 e. The van der Waals surface area contributed by atoms with Crippen LogP contribution in [-0.4, -0.2) is 6.04 Å². The summed E-state index contributed by atoms with van der Waals surface area (Å²) in [6, 6.07) is 17.4. The summed E-state index contributed by atoms with van der Waals surface area (Å²) >= 11 is 0. The molecule has 116 valence electrons. The highest BCUT2D eigenvalue weighted by molar-refractivity contribution is 5.78. The Morgan fingerprint density at radius 2 is 1.27 bits per heavy atom. The molecule has 0 spiro atoms. The van der Waals surface area contributed by atoms with Crippen LogP contribution in [0.25, 0.3) is 0 Å². The molecule has 0 bridgehead atoms. The van der Waals surface area contributed by atoms with Gasteiger partial charge in [-0.05, 0) is 37.1 Å². The van der Waals surface area contributed by atoms with Gasteiger partial charge in [-0.1, -0.05) is 57.4 Å². The number of fused-ring (bicyclic) bond motifs is 2. The Balaban J connectivity index is 0.000000693. The van der Waals surface area contributed by atoms with Crippen LogP contribution in [-0.2, 0) is 0 Å². The summed E-state index contributed by atoms with van der Waals surface area (Å²) in [5.41, 5.74) is 2.44. The maximum absolute atomic E-state index is 6.06. The Hall–Kier alpha value is -1.96. The topological polar surface area (TPSA) is 12.5 Å². The van der Waals surface area contributed by atoms with Gasteiger partial charge >= 0.3 is 0 Å². The molecular formula is C20H25NO. The van der Waals surface area contributed by atoms with Crippen molar-refractivity contribution in [3.8, 4) is 11.5 Å². The first kappa shape index (κ1) is 15.0. The van der Waals surface area contributed by atoms with Gasteiger partial charge in [-0.25, -0.2) is 0 Å². The fourth-order valence-corrected chi connectivity index (χ4v) is 3.47.